The van der Waals surface area contributed by atoms with E-state index in [0.717, 1.165) is 75.2 Å². The summed E-state index contributed by atoms with van der Waals surface area (Å²) in [6.45, 7) is 5.38. The zero-order valence-electron chi connectivity index (χ0n) is 28.0. The second kappa shape index (κ2) is 16.7. The molecule has 4 aromatic carbocycles. The molecule has 0 aliphatic carbocycles. The molecule has 3 aliphatic heterocycles. The first-order chi connectivity index (χ1) is 24.6. The number of ether oxygens (including phenoxy) is 1. The average Bonchev–Trinajstić information content (AvgIpc) is 3.50. The molecule has 3 heterocycles. The van der Waals surface area contributed by atoms with Gasteiger partial charge in [0.15, 0.2) is 0 Å². The summed E-state index contributed by atoms with van der Waals surface area (Å²) in [6, 6.07) is 28.5. The van der Waals surface area contributed by atoms with Crippen LogP contribution in [0.5, 0.6) is 0 Å². The van der Waals surface area contributed by atoms with Crippen LogP contribution in [0.15, 0.2) is 97.1 Å². The van der Waals surface area contributed by atoms with Gasteiger partial charge in [0.25, 0.3) is 0 Å². The molecule has 10 nitrogen and oxygen atoms in total. The minimum Gasteiger partial charge on any atom is -0.379 e. The first-order valence-corrected chi connectivity index (χ1v) is 21.5. The van der Waals surface area contributed by atoms with E-state index in [4.69, 9.17) is 27.9 Å². The van der Waals surface area contributed by atoms with Crippen LogP contribution in [0.1, 0.15) is 25.7 Å². The highest BCUT2D eigenvalue weighted by molar-refractivity contribution is 9.09. The predicted molar refractivity (Wildman–Crippen MR) is 212 cm³/mol. The zero-order chi connectivity index (χ0) is 36.0. The Morgan fingerprint density at radius 3 is 1.37 bits per heavy atom. The Balaban J connectivity index is 0.000000179. The Bertz CT molecular complexity index is 2000. The van der Waals surface area contributed by atoms with E-state index in [1.807, 2.05) is 48.5 Å². The molecule has 15 heteroatoms. The smallest absolute Gasteiger partial charge is 0.330 e. The fourth-order valence-corrected chi connectivity index (χ4v) is 10.5. The maximum atomic E-state index is 13.3. The molecule has 0 amide bonds. The number of morpholine rings is 1. The molecule has 0 unspecified atom stereocenters. The molecule has 0 saturated carbocycles. The summed E-state index contributed by atoms with van der Waals surface area (Å²) in [5.74, 6) is 0. The fourth-order valence-electron chi connectivity index (χ4n) is 6.32. The van der Waals surface area contributed by atoms with Crippen LogP contribution in [0.3, 0.4) is 0 Å². The van der Waals surface area contributed by atoms with Crippen molar-refractivity contribution in [1.82, 2.24) is 4.90 Å². The van der Waals surface area contributed by atoms with E-state index in [1.54, 1.807) is 48.5 Å². The lowest BCUT2D eigenvalue weighted by Crippen LogP contribution is -2.38. The van der Waals surface area contributed by atoms with E-state index in [1.165, 1.54) is 17.2 Å². The Labute approximate surface area is 319 Å². The molecule has 0 atom stereocenters. The van der Waals surface area contributed by atoms with Gasteiger partial charge in [-0.15, -0.1) is 0 Å². The lowest BCUT2D eigenvalue weighted by molar-refractivity contribution is 0.0373. The van der Waals surface area contributed by atoms with Crippen molar-refractivity contribution in [1.29, 1.82) is 0 Å². The molecule has 51 heavy (non-hydrogen) atoms. The van der Waals surface area contributed by atoms with Crippen LogP contribution in [0, 0.1) is 0 Å². The van der Waals surface area contributed by atoms with E-state index in [0.29, 0.717) is 45.9 Å². The molecule has 0 bridgehead atoms. The van der Waals surface area contributed by atoms with Gasteiger partial charge in [0.05, 0.1) is 47.3 Å². The van der Waals surface area contributed by atoms with Gasteiger partial charge in [0.2, 0.25) is 0 Å². The second-order valence-electron chi connectivity index (χ2n) is 12.2. The third kappa shape index (κ3) is 8.30. The van der Waals surface area contributed by atoms with Crippen LogP contribution in [0.2, 0.25) is 10.0 Å². The average molecular weight is 838 g/mol. The predicted octanol–water partition coefficient (Wildman–Crippen LogP) is 8.37. The van der Waals surface area contributed by atoms with E-state index in [-0.39, 0.29) is 0 Å². The molecule has 272 valence electrons. The summed E-state index contributed by atoms with van der Waals surface area (Å²) in [7, 11) is -7.29. The van der Waals surface area contributed by atoms with Gasteiger partial charge in [-0.1, -0.05) is 63.4 Å². The molecule has 0 spiro atoms. The number of para-hydroxylation sites is 4. The summed E-state index contributed by atoms with van der Waals surface area (Å²) in [5.41, 5.74) is 3.98. The molecule has 3 aliphatic rings. The van der Waals surface area contributed by atoms with E-state index >= 15 is 0 Å². The highest BCUT2D eigenvalue weighted by Gasteiger charge is 2.42. The zero-order valence-corrected chi connectivity index (χ0v) is 32.7. The lowest BCUT2D eigenvalue weighted by Gasteiger charge is -2.27. The van der Waals surface area contributed by atoms with Gasteiger partial charge in [0.1, 0.15) is 0 Å². The first-order valence-electron chi connectivity index (χ1n) is 16.8. The number of hydrogen-bond donors (Lipinski definition) is 0. The Hall–Kier alpha value is -3.04. The quantitative estimate of drug-likeness (QED) is 0.111. The number of rotatable bonds is 11. The van der Waals surface area contributed by atoms with E-state index < -0.39 is 20.4 Å². The monoisotopic (exact) mass is 835 g/mol. The topological polar surface area (TPSA) is 93.7 Å². The first kappa shape index (κ1) is 37.7. The third-order valence-corrected chi connectivity index (χ3v) is 13.5. The van der Waals surface area contributed by atoms with Gasteiger partial charge in [0, 0.05) is 41.6 Å². The van der Waals surface area contributed by atoms with Crippen LogP contribution in [-0.2, 0) is 25.2 Å². The number of anilines is 6. The van der Waals surface area contributed by atoms with Crippen molar-refractivity contribution < 1.29 is 21.6 Å². The maximum absolute atomic E-state index is 13.3. The summed E-state index contributed by atoms with van der Waals surface area (Å²) in [5, 5.41) is 2.02. The molecule has 1 fully saturated rings. The standard InChI is InChI=1S/C20H24ClN3O3S.C16H16BrClN2O2S/c21-17-7-9-18(10-8-17)24-20-6-2-1-5-19(20)23(28(24,25)26)12-4-3-11-22-13-15-27-16-14-22;17-11-3-4-12-19-15-5-1-2-6-16(15)20(23(19,21)22)14-9-7-13(18)8-10-14/h1-2,5-10H,3-4,11-16H2;1-2,5-10H,3-4,11-12H2. The number of fused-ring (bicyclic) bond motifs is 2. The molecule has 4 aromatic rings. The Morgan fingerprint density at radius 1 is 0.549 bits per heavy atom. The summed E-state index contributed by atoms with van der Waals surface area (Å²) in [6.07, 6.45) is 3.48. The number of hydrogen-bond acceptors (Lipinski definition) is 6. The van der Waals surface area contributed by atoms with Crippen molar-refractivity contribution >= 4 is 93.7 Å². The van der Waals surface area contributed by atoms with Crippen molar-refractivity contribution in [3.05, 3.63) is 107 Å². The van der Waals surface area contributed by atoms with Gasteiger partial charge in [-0.2, -0.15) is 16.8 Å². The van der Waals surface area contributed by atoms with Crippen LogP contribution in [0.25, 0.3) is 0 Å². The Morgan fingerprint density at radius 2 is 0.941 bits per heavy atom. The van der Waals surface area contributed by atoms with E-state index in [9.17, 15) is 16.8 Å². The Kier molecular flexibility index (Phi) is 12.4. The largest absolute Gasteiger partial charge is 0.379 e. The molecule has 1 saturated heterocycles. The number of halogens is 3. The minimum atomic E-state index is -3.67. The van der Waals surface area contributed by atoms with Gasteiger partial charge in [-0.05, 0) is 105 Å². The summed E-state index contributed by atoms with van der Waals surface area (Å²) >= 11 is 15.3. The number of benzene rings is 4. The van der Waals surface area contributed by atoms with Gasteiger partial charge in [-0.25, -0.2) is 8.61 Å². The SMILES string of the molecule is O=S1(=O)N(CCCCBr)c2ccccc2N1c1ccc(Cl)cc1.O=S1(=O)N(CCCCN2CCOCC2)c2ccccc2N1c1ccc(Cl)cc1. The minimum absolute atomic E-state index is 0.466. The van der Waals surface area contributed by atoms with Crippen molar-refractivity contribution in [3.8, 4) is 0 Å². The molecular formula is C36H40BrCl2N5O5S2. The molecule has 0 N–H and O–H groups in total. The second-order valence-corrected chi connectivity index (χ2v) is 17.2. The summed E-state index contributed by atoms with van der Waals surface area (Å²) < 4.78 is 63.9. The lowest BCUT2D eigenvalue weighted by atomic mass is 10.2. The van der Waals surface area contributed by atoms with Crippen LogP contribution in [0.4, 0.5) is 34.1 Å². The van der Waals surface area contributed by atoms with E-state index in [2.05, 4.69) is 20.8 Å². The van der Waals surface area contributed by atoms with Crippen molar-refractivity contribution in [2.45, 2.75) is 25.7 Å². The highest BCUT2D eigenvalue weighted by Crippen LogP contribution is 2.46. The van der Waals surface area contributed by atoms with Crippen molar-refractivity contribution in [2.75, 3.05) is 68.5 Å². The highest BCUT2D eigenvalue weighted by atomic mass is 79.9. The maximum Gasteiger partial charge on any atom is 0.330 e. The number of nitrogens with zero attached hydrogens (tertiary/aromatic N) is 5. The van der Waals surface area contributed by atoms with Crippen molar-refractivity contribution in [2.24, 2.45) is 0 Å². The molecule has 0 radical (unpaired) electrons. The molecular weight excluding hydrogens is 797 g/mol. The number of alkyl halides is 1. The number of unbranched alkanes of at least 4 members (excludes halogenated alkanes) is 2. The van der Waals surface area contributed by atoms with Gasteiger partial charge < -0.3 is 4.74 Å². The van der Waals surface area contributed by atoms with Crippen molar-refractivity contribution in [3.63, 3.8) is 0 Å². The molecule has 0 aromatic heterocycles. The van der Waals surface area contributed by atoms with Gasteiger partial charge >= 0.3 is 20.4 Å². The fraction of sp³-hybridized carbons (Fsp3) is 0.333. The third-order valence-electron chi connectivity index (χ3n) is 8.81. The normalized spacial score (nSPS) is 17.5. The van der Waals surface area contributed by atoms with Crippen LogP contribution < -0.4 is 17.2 Å². The van der Waals surface area contributed by atoms with Gasteiger partial charge in [-0.3, -0.25) is 13.5 Å². The van der Waals surface area contributed by atoms with Crippen LogP contribution >= 0.6 is 39.1 Å². The summed E-state index contributed by atoms with van der Waals surface area (Å²) in [4.78, 5) is 2.37. The van der Waals surface area contributed by atoms with Crippen LogP contribution in [-0.4, -0.2) is 73.0 Å². The molecule has 7 rings (SSSR count).